The fraction of sp³-hybridized carbons (Fsp3) is 1.00. The molecule has 0 amide bonds. The maximum absolute atomic E-state index is 10.7. The molecule has 0 unspecified atom stereocenters. The van der Waals surface area contributed by atoms with E-state index in [0.717, 1.165) is 13.0 Å². The summed E-state index contributed by atoms with van der Waals surface area (Å²) in [5.41, 5.74) is 0. The van der Waals surface area contributed by atoms with Gasteiger partial charge in [-0.25, -0.2) is 0 Å². The summed E-state index contributed by atoms with van der Waals surface area (Å²) in [7, 11) is -1.91. The molecule has 0 aromatic rings. The van der Waals surface area contributed by atoms with Crippen LogP contribution in [-0.4, -0.2) is 43.8 Å². The van der Waals surface area contributed by atoms with E-state index in [-0.39, 0.29) is 36.7 Å². The number of rotatable bonds is 20. The molecular weight excluding hydrogens is 369 g/mol. The summed E-state index contributed by atoms with van der Waals surface area (Å²) >= 11 is 0. The summed E-state index contributed by atoms with van der Waals surface area (Å²) in [6, 6.07) is 0. The van der Waals surface area contributed by atoms with E-state index >= 15 is 0 Å². The van der Waals surface area contributed by atoms with Gasteiger partial charge in [-0.05, 0) is 20.0 Å². The Labute approximate surface area is 193 Å². The van der Waals surface area contributed by atoms with Crippen molar-refractivity contribution in [2.45, 2.75) is 110 Å². The average Bonchev–Trinajstić information content (AvgIpc) is 2.59. The first-order valence-electron chi connectivity index (χ1n) is 11.1. The molecule has 0 aliphatic heterocycles. The van der Waals surface area contributed by atoms with Crippen molar-refractivity contribution in [2.75, 3.05) is 25.9 Å². The first-order chi connectivity index (χ1) is 12.5. The molecule has 0 atom stereocenters. The largest absolute Gasteiger partial charge is 1.00 e. The molecule has 0 rings (SSSR count). The molecule has 6 heteroatoms. The summed E-state index contributed by atoms with van der Waals surface area (Å²) in [6.07, 6.45) is 21.8. The third kappa shape index (κ3) is 26.9. The second-order valence-corrected chi connectivity index (χ2v) is 9.46. The molecule has 0 heterocycles. The summed E-state index contributed by atoms with van der Waals surface area (Å²) in [6.45, 7) is 3.60. The van der Waals surface area contributed by atoms with Crippen molar-refractivity contribution < 1.29 is 44.0 Å². The second-order valence-electron chi connectivity index (χ2n) is 7.89. The summed E-state index contributed by atoms with van der Waals surface area (Å²) in [4.78, 5) is 1.98. The van der Waals surface area contributed by atoms with Gasteiger partial charge in [-0.1, -0.05) is 103 Å². The molecule has 0 aromatic heterocycles. The van der Waals surface area contributed by atoms with Gasteiger partial charge in [-0.3, -0.25) is 4.55 Å². The Morgan fingerprint density at radius 2 is 1.00 bits per heavy atom. The monoisotopic (exact) mass is 415 g/mol. The molecule has 0 aliphatic rings. The van der Waals surface area contributed by atoms with Crippen LogP contribution >= 0.6 is 0 Å². The molecule has 0 radical (unpaired) electrons. The Bertz CT molecular complexity index is 397. The van der Waals surface area contributed by atoms with Crippen LogP contribution in [0.2, 0.25) is 0 Å². The summed E-state index contributed by atoms with van der Waals surface area (Å²) in [5, 5.41) is 0. The predicted octanol–water partition coefficient (Wildman–Crippen LogP) is 3.18. The Kier molecular flexibility index (Phi) is 24.0. The Morgan fingerprint density at radius 1 is 0.667 bits per heavy atom. The SMILES string of the molecule is CCCCCCCCCCCCCCCCCCN(C)CCS(=O)(=O)O.[H-].[Na+]. The topological polar surface area (TPSA) is 57.6 Å². The van der Waals surface area contributed by atoms with Gasteiger partial charge in [-0.2, -0.15) is 8.42 Å². The molecule has 0 saturated heterocycles. The third-order valence-corrected chi connectivity index (χ3v) is 5.82. The first-order valence-corrected chi connectivity index (χ1v) is 12.7. The van der Waals surface area contributed by atoms with Crippen molar-refractivity contribution in [3.05, 3.63) is 0 Å². The molecule has 4 nitrogen and oxygen atoms in total. The van der Waals surface area contributed by atoms with Gasteiger partial charge < -0.3 is 6.33 Å². The van der Waals surface area contributed by atoms with Crippen molar-refractivity contribution >= 4 is 10.1 Å². The molecule has 1 N–H and O–H groups in total. The smallest absolute Gasteiger partial charge is 1.00 e. The zero-order valence-corrected chi connectivity index (χ0v) is 21.4. The van der Waals surface area contributed by atoms with Gasteiger partial charge in [0.1, 0.15) is 0 Å². The van der Waals surface area contributed by atoms with Gasteiger partial charge in [0.2, 0.25) is 0 Å². The summed E-state index contributed by atoms with van der Waals surface area (Å²) < 4.78 is 30.1. The third-order valence-electron chi connectivity index (χ3n) is 5.12. The Morgan fingerprint density at radius 3 is 1.33 bits per heavy atom. The minimum atomic E-state index is -3.82. The molecule has 160 valence electrons. The van der Waals surface area contributed by atoms with Crippen LogP contribution in [-0.2, 0) is 10.1 Å². The van der Waals surface area contributed by atoms with Crippen LogP contribution in [0.1, 0.15) is 111 Å². The van der Waals surface area contributed by atoms with Gasteiger partial charge in [-0.15, -0.1) is 0 Å². The van der Waals surface area contributed by atoms with E-state index in [2.05, 4.69) is 6.92 Å². The maximum Gasteiger partial charge on any atom is 1.00 e. The molecule has 27 heavy (non-hydrogen) atoms. The van der Waals surface area contributed by atoms with E-state index in [1.165, 1.54) is 96.3 Å². The standard InChI is InChI=1S/C21H45NO3S.Na.H/c1-3-4-5-6-7-8-9-10-11-12-13-14-15-16-17-18-19-22(2)20-21-26(23,24)25;;/h3-21H2,1-2H3,(H,23,24,25);;/q;+1;-1. The molecule has 0 aromatic carbocycles. The van der Waals surface area contributed by atoms with E-state index in [9.17, 15) is 8.42 Å². The van der Waals surface area contributed by atoms with Crippen LogP contribution in [0.25, 0.3) is 0 Å². The van der Waals surface area contributed by atoms with Crippen molar-refractivity contribution in [3.63, 3.8) is 0 Å². The predicted molar refractivity (Wildman–Crippen MR) is 115 cm³/mol. The van der Waals surface area contributed by atoms with Crippen LogP contribution in [0, 0.1) is 0 Å². The fourth-order valence-corrected chi connectivity index (χ4v) is 3.86. The fourth-order valence-electron chi connectivity index (χ4n) is 3.31. The number of unbranched alkanes of at least 4 members (excludes halogenated alkanes) is 15. The van der Waals surface area contributed by atoms with E-state index in [1.807, 2.05) is 11.9 Å². The number of nitrogens with zero attached hydrogens (tertiary/aromatic N) is 1. The van der Waals surface area contributed by atoms with Crippen molar-refractivity contribution in [1.82, 2.24) is 4.90 Å². The van der Waals surface area contributed by atoms with E-state index in [0.29, 0.717) is 6.54 Å². The Balaban J connectivity index is -0.00000312. The number of hydrogen-bond donors (Lipinski definition) is 1. The van der Waals surface area contributed by atoms with Crippen LogP contribution in [0.15, 0.2) is 0 Å². The van der Waals surface area contributed by atoms with E-state index in [4.69, 9.17) is 4.55 Å². The molecule has 0 fully saturated rings. The molecule has 0 spiro atoms. The second kappa shape index (κ2) is 21.6. The van der Waals surface area contributed by atoms with Crippen LogP contribution < -0.4 is 29.6 Å². The van der Waals surface area contributed by atoms with E-state index < -0.39 is 10.1 Å². The first kappa shape index (κ1) is 30.1. The van der Waals surface area contributed by atoms with Gasteiger partial charge in [0.05, 0.1) is 5.75 Å². The zero-order valence-electron chi connectivity index (χ0n) is 19.6. The van der Waals surface area contributed by atoms with Crippen molar-refractivity contribution in [3.8, 4) is 0 Å². The van der Waals surface area contributed by atoms with Crippen LogP contribution in [0.4, 0.5) is 0 Å². The normalized spacial score (nSPS) is 11.7. The molecule has 0 bridgehead atoms. The van der Waals surface area contributed by atoms with Crippen molar-refractivity contribution in [2.24, 2.45) is 0 Å². The zero-order chi connectivity index (χ0) is 19.5. The quantitative estimate of drug-likeness (QED) is 0.188. The van der Waals surface area contributed by atoms with Gasteiger partial charge >= 0.3 is 29.6 Å². The van der Waals surface area contributed by atoms with Gasteiger partial charge in [0.25, 0.3) is 10.1 Å². The van der Waals surface area contributed by atoms with Crippen LogP contribution in [0.5, 0.6) is 0 Å². The van der Waals surface area contributed by atoms with E-state index in [1.54, 1.807) is 0 Å². The van der Waals surface area contributed by atoms with Crippen LogP contribution in [0.3, 0.4) is 0 Å². The van der Waals surface area contributed by atoms with Crippen molar-refractivity contribution in [1.29, 1.82) is 0 Å². The molecule has 0 saturated carbocycles. The molecular formula is C21H46NNaO3S. The minimum absolute atomic E-state index is 0. The average molecular weight is 416 g/mol. The van der Waals surface area contributed by atoms with Gasteiger partial charge in [0, 0.05) is 6.54 Å². The van der Waals surface area contributed by atoms with Gasteiger partial charge in [0.15, 0.2) is 0 Å². The maximum atomic E-state index is 10.7. The molecule has 0 aliphatic carbocycles. The Hall–Kier alpha value is 0.870. The summed E-state index contributed by atoms with van der Waals surface area (Å²) in [5.74, 6) is -0.164. The number of hydrogen-bond acceptors (Lipinski definition) is 3. The minimum Gasteiger partial charge on any atom is -1.00 e.